The lowest BCUT2D eigenvalue weighted by atomic mass is 10.1. The van der Waals surface area contributed by atoms with Gasteiger partial charge in [-0.3, -0.25) is 20.0 Å². The van der Waals surface area contributed by atoms with Crippen molar-refractivity contribution in [3.8, 4) is 0 Å². The summed E-state index contributed by atoms with van der Waals surface area (Å²) in [6, 6.07) is 15.4. The molecule has 0 bridgehead atoms. The number of hydrogen-bond acceptors (Lipinski definition) is 6. The van der Waals surface area contributed by atoms with Crippen LogP contribution in [-0.4, -0.2) is 30.3 Å². The summed E-state index contributed by atoms with van der Waals surface area (Å²) in [5, 5.41) is 11.5. The van der Waals surface area contributed by atoms with Gasteiger partial charge in [-0.05, 0) is 24.6 Å². The Kier molecular flexibility index (Phi) is 5.71. The quantitative estimate of drug-likeness (QED) is 0.488. The SMILES string of the molecule is Cc1cccc(S(=O)(=O)C2NCc3[nH]nc(NC(=O)CCC(=O)c4ccccc4)c32)c1. The normalized spacial score (nSPS) is 15.5. The van der Waals surface area contributed by atoms with Crippen LogP contribution in [0.25, 0.3) is 0 Å². The number of aromatic nitrogens is 2. The minimum atomic E-state index is -3.74. The summed E-state index contributed by atoms with van der Waals surface area (Å²) >= 11 is 0. The highest BCUT2D eigenvalue weighted by Gasteiger charge is 2.38. The Hall–Kier alpha value is -3.30. The highest BCUT2D eigenvalue weighted by Crippen LogP contribution is 2.37. The van der Waals surface area contributed by atoms with Gasteiger partial charge >= 0.3 is 0 Å². The van der Waals surface area contributed by atoms with E-state index in [1.54, 1.807) is 42.5 Å². The summed E-state index contributed by atoms with van der Waals surface area (Å²) in [5.74, 6) is -0.375. The van der Waals surface area contributed by atoms with E-state index in [0.29, 0.717) is 23.4 Å². The lowest BCUT2D eigenvalue weighted by Gasteiger charge is -2.15. The fourth-order valence-electron chi connectivity index (χ4n) is 3.58. The van der Waals surface area contributed by atoms with Gasteiger partial charge in [-0.1, -0.05) is 42.5 Å². The number of anilines is 1. The van der Waals surface area contributed by atoms with Gasteiger partial charge < -0.3 is 5.32 Å². The number of sulfone groups is 1. The molecule has 4 rings (SSSR count). The Morgan fingerprint density at radius 3 is 2.61 bits per heavy atom. The number of nitrogens with zero attached hydrogens (tertiary/aromatic N) is 1. The minimum absolute atomic E-state index is 0.0297. The zero-order valence-electron chi connectivity index (χ0n) is 16.9. The fourth-order valence-corrected chi connectivity index (χ4v) is 5.34. The summed E-state index contributed by atoms with van der Waals surface area (Å²) in [5.41, 5.74) is 2.40. The van der Waals surface area contributed by atoms with E-state index in [0.717, 1.165) is 5.56 Å². The average molecular weight is 439 g/mol. The van der Waals surface area contributed by atoms with Crippen LogP contribution in [0.3, 0.4) is 0 Å². The predicted molar refractivity (Wildman–Crippen MR) is 115 cm³/mol. The molecule has 3 aromatic rings. The average Bonchev–Trinajstić information content (AvgIpc) is 3.36. The molecule has 1 amide bonds. The molecule has 8 nitrogen and oxygen atoms in total. The third-order valence-electron chi connectivity index (χ3n) is 5.17. The molecule has 1 aromatic heterocycles. The number of Topliss-reactive ketones (excluding diaryl/α,β-unsaturated/α-hetero) is 1. The predicted octanol–water partition coefficient (Wildman–Crippen LogP) is 2.90. The number of carbonyl (C=O) groups is 2. The number of aryl methyl sites for hydroxylation is 1. The van der Waals surface area contributed by atoms with E-state index in [1.807, 2.05) is 19.1 Å². The van der Waals surface area contributed by atoms with E-state index in [4.69, 9.17) is 0 Å². The largest absolute Gasteiger partial charge is 0.309 e. The number of amides is 1. The maximum atomic E-state index is 13.2. The molecule has 160 valence electrons. The van der Waals surface area contributed by atoms with Crippen molar-refractivity contribution in [1.29, 1.82) is 0 Å². The second kappa shape index (κ2) is 8.44. The Morgan fingerprint density at radius 2 is 1.87 bits per heavy atom. The molecule has 0 aliphatic carbocycles. The number of hydrogen-bond donors (Lipinski definition) is 3. The van der Waals surface area contributed by atoms with Crippen molar-refractivity contribution in [3.63, 3.8) is 0 Å². The van der Waals surface area contributed by atoms with Crippen LogP contribution in [0.2, 0.25) is 0 Å². The van der Waals surface area contributed by atoms with E-state index in [-0.39, 0.29) is 29.3 Å². The number of fused-ring (bicyclic) bond motifs is 1. The second-order valence-electron chi connectivity index (χ2n) is 7.42. The molecule has 1 aliphatic heterocycles. The van der Waals surface area contributed by atoms with Crippen molar-refractivity contribution in [2.24, 2.45) is 0 Å². The Morgan fingerprint density at radius 1 is 1.10 bits per heavy atom. The van der Waals surface area contributed by atoms with Gasteiger partial charge in [0.2, 0.25) is 5.91 Å². The first kappa shape index (κ1) is 21.0. The van der Waals surface area contributed by atoms with Crippen LogP contribution in [-0.2, 0) is 21.2 Å². The number of aromatic amines is 1. The summed E-state index contributed by atoms with van der Waals surface area (Å²) in [6.45, 7) is 2.12. The Bertz CT molecular complexity index is 1240. The molecule has 2 aromatic carbocycles. The van der Waals surface area contributed by atoms with Crippen LogP contribution < -0.4 is 10.6 Å². The van der Waals surface area contributed by atoms with Crippen LogP contribution in [0, 0.1) is 6.92 Å². The lowest BCUT2D eigenvalue weighted by Crippen LogP contribution is -2.24. The van der Waals surface area contributed by atoms with Gasteiger partial charge in [-0.15, -0.1) is 0 Å². The fraction of sp³-hybridized carbons (Fsp3) is 0.227. The van der Waals surface area contributed by atoms with Crippen molar-refractivity contribution in [3.05, 3.63) is 77.0 Å². The van der Waals surface area contributed by atoms with Crippen LogP contribution in [0.1, 0.15) is 45.4 Å². The Labute approximate surface area is 180 Å². The van der Waals surface area contributed by atoms with E-state index < -0.39 is 21.1 Å². The molecule has 2 heterocycles. The van der Waals surface area contributed by atoms with Crippen LogP contribution in [0.5, 0.6) is 0 Å². The molecule has 0 spiro atoms. The number of nitrogens with one attached hydrogen (secondary N) is 3. The molecule has 0 fully saturated rings. The third kappa shape index (κ3) is 4.28. The van der Waals surface area contributed by atoms with Gasteiger partial charge in [0, 0.05) is 24.9 Å². The summed E-state index contributed by atoms with van der Waals surface area (Å²) in [7, 11) is -3.74. The number of H-pyrrole nitrogens is 1. The molecule has 1 unspecified atom stereocenters. The van der Waals surface area contributed by atoms with E-state index >= 15 is 0 Å². The number of carbonyl (C=O) groups excluding carboxylic acids is 2. The van der Waals surface area contributed by atoms with Gasteiger partial charge in [0.25, 0.3) is 0 Å². The first-order valence-electron chi connectivity index (χ1n) is 9.85. The number of ketones is 1. The van der Waals surface area contributed by atoms with E-state index in [2.05, 4.69) is 20.8 Å². The van der Waals surface area contributed by atoms with Gasteiger partial charge in [-0.25, -0.2) is 8.42 Å². The first-order chi connectivity index (χ1) is 14.9. The molecular weight excluding hydrogens is 416 g/mol. The van der Waals surface area contributed by atoms with E-state index in [1.165, 1.54) is 0 Å². The summed E-state index contributed by atoms with van der Waals surface area (Å²) in [4.78, 5) is 24.8. The second-order valence-corrected chi connectivity index (χ2v) is 9.46. The monoisotopic (exact) mass is 438 g/mol. The maximum Gasteiger partial charge on any atom is 0.226 e. The maximum absolute atomic E-state index is 13.2. The molecule has 9 heteroatoms. The van der Waals surface area contributed by atoms with Crippen molar-refractivity contribution in [2.45, 2.75) is 36.6 Å². The zero-order chi connectivity index (χ0) is 22.0. The minimum Gasteiger partial charge on any atom is -0.309 e. The highest BCUT2D eigenvalue weighted by atomic mass is 32.2. The Balaban J connectivity index is 1.49. The van der Waals surface area contributed by atoms with Crippen molar-refractivity contribution >= 4 is 27.3 Å². The zero-order valence-corrected chi connectivity index (χ0v) is 17.7. The van der Waals surface area contributed by atoms with Crippen molar-refractivity contribution in [2.75, 3.05) is 5.32 Å². The molecule has 1 atom stereocenters. The van der Waals surface area contributed by atoms with Crippen molar-refractivity contribution < 1.29 is 18.0 Å². The van der Waals surface area contributed by atoms with Gasteiger partial charge in [0.05, 0.1) is 16.2 Å². The van der Waals surface area contributed by atoms with Crippen LogP contribution >= 0.6 is 0 Å². The molecule has 31 heavy (non-hydrogen) atoms. The molecule has 1 aliphatic rings. The molecule has 0 saturated heterocycles. The molecule has 0 radical (unpaired) electrons. The first-order valence-corrected chi connectivity index (χ1v) is 11.4. The topological polar surface area (TPSA) is 121 Å². The van der Waals surface area contributed by atoms with Crippen LogP contribution in [0.15, 0.2) is 59.5 Å². The number of benzene rings is 2. The number of rotatable bonds is 7. The summed E-state index contributed by atoms with van der Waals surface area (Å²) in [6.07, 6.45) is 0.0177. The standard InChI is InChI=1S/C22H22N4O4S/c1-14-6-5-9-16(12-14)31(29,30)22-20-17(13-23-22)25-26-21(20)24-19(28)11-10-18(27)15-7-3-2-4-8-15/h2-9,12,22-23H,10-11,13H2,1H3,(H2,24,25,26,28). The highest BCUT2D eigenvalue weighted by molar-refractivity contribution is 7.91. The third-order valence-corrected chi connectivity index (χ3v) is 7.10. The van der Waals surface area contributed by atoms with Gasteiger partial charge in [0.1, 0.15) is 5.37 Å². The molecule has 0 saturated carbocycles. The summed E-state index contributed by atoms with van der Waals surface area (Å²) < 4.78 is 26.4. The lowest BCUT2D eigenvalue weighted by molar-refractivity contribution is -0.116. The smallest absolute Gasteiger partial charge is 0.226 e. The molecule has 3 N–H and O–H groups in total. The van der Waals surface area contributed by atoms with Gasteiger partial charge in [0.15, 0.2) is 21.4 Å². The van der Waals surface area contributed by atoms with Gasteiger partial charge in [-0.2, -0.15) is 5.10 Å². The van der Waals surface area contributed by atoms with E-state index in [9.17, 15) is 18.0 Å². The molecular formula is C22H22N4O4S. The van der Waals surface area contributed by atoms with Crippen molar-refractivity contribution in [1.82, 2.24) is 15.5 Å². The van der Waals surface area contributed by atoms with Crippen LogP contribution in [0.4, 0.5) is 5.82 Å².